The van der Waals surface area contributed by atoms with E-state index in [1.807, 2.05) is 6.26 Å². The molecular formula is C12H18N4S2. The van der Waals surface area contributed by atoms with Crippen LogP contribution in [0.5, 0.6) is 0 Å². The van der Waals surface area contributed by atoms with Gasteiger partial charge in [0, 0.05) is 13.1 Å². The minimum Gasteiger partial charge on any atom is -0.355 e. The van der Waals surface area contributed by atoms with E-state index in [0.29, 0.717) is 6.04 Å². The predicted octanol–water partition coefficient (Wildman–Crippen LogP) is 3.43. The fourth-order valence-electron chi connectivity index (χ4n) is 2.07. The molecule has 0 fully saturated rings. The molecule has 6 heteroatoms. The summed E-state index contributed by atoms with van der Waals surface area (Å²) in [6, 6.07) is 0.517. The zero-order valence-corrected chi connectivity index (χ0v) is 12.8. The third-order valence-electron chi connectivity index (χ3n) is 3.15. The number of thioether (sulfide) groups is 1. The second-order valence-corrected chi connectivity index (χ2v) is 6.17. The molecule has 0 saturated carbocycles. The van der Waals surface area contributed by atoms with E-state index < -0.39 is 0 Å². The fourth-order valence-corrected chi connectivity index (χ4v) is 3.62. The summed E-state index contributed by atoms with van der Waals surface area (Å²) < 4.78 is 2.14. The molecule has 0 aliphatic rings. The van der Waals surface area contributed by atoms with Crippen LogP contribution in [0, 0.1) is 0 Å². The molecule has 2 aromatic heterocycles. The maximum Gasteiger partial charge on any atom is 0.176 e. The first-order valence-corrected chi connectivity index (χ1v) is 8.13. The van der Waals surface area contributed by atoms with Crippen LogP contribution in [0.4, 0.5) is 5.82 Å². The highest BCUT2D eigenvalue weighted by molar-refractivity contribution is 8.00. The molecule has 0 aliphatic carbocycles. The van der Waals surface area contributed by atoms with Crippen molar-refractivity contribution in [1.29, 1.82) is 0 Å². The molecule has 0 aliphatic heterocycles. The lowest BCUT2D eigenvalue weighted by atomic mass is 10.1. The number of fused-ring (bicyclic) bond motifs is 1. The largest absolute Gasteiger partial charge is 0.355 e. The summed E-state index contributed by atoms with van der Waals surface area (Å²) in [5.74, 6) is 1.01. The van der Waals surface area contributed by atoms with Gasteiger partial charge in [0.2, 0.25) is 0 Å². The Morgan fingerprint density at radius 1 is 1.33 bits per heavy atom. The molecule has 0 unspecified atom stereocenters. The first-order chi connectivity index (χ1) is 8.71. The summed E-state index contributed by atoms with van der Waals surface area (Å²) in [5, 5.41) is 0. The summed E-state index contributed by atoms with van der Waals surface area (Å²) in [4.78, 5) is 15.4. The molecule has 0 bridgehead atoms. The third-order valence-corrected chi connectivity index (χ3v) is 5.18. The molecule has 0 atom stereocenters. The normalized spacial score (nSPS) is 11.4. The van der Waals surface area contributed by atoms with Gasteiger partial charge in [-0.3, -0.25) is 0 Å². The van der Waals surface area contributed by atoms with Crippen molar-refractivity contribution in [2.24, 2.45) is 0 Å². The Morgan fingerprint density at radius 2 is 2.06 bits per heavy atom. The van der Waals surface area contributed by atoms with Gasteiger partial charge in [-0.05, 0) is 19.1 Å². The lowest BCUT2D eigenvalue weighted by Gasteiger charge is -2.27. The second-order valence-electron chi connectivity index (χ2n) is 4.12. The average molecular weight is 282 g/mol. The quantitative estimate of drug-likeness (QED) is 0.786. The number of hydrogen-bond donors (Lipinski definition) is 0. The van der Waals surface area contributed by atoms with Gasteiger partial charge < -0.3 is 4.90 Å². The van der Waals surface area contributed by atoms with Crippen molar-refractivity contribution >= 4 is 39.3 Å². The standard InChI is InChI=1S/C12H18N4S2/c1-5-8(6-2)16(3)11-9-10(13-7-14-11)15-12(17-4)18-9/h7-8H,5-6H2,1-4H3. The van der Waals surface area contributed by atoms with Crippen LogP contribution in [0.15, 0.2) is 10.7 Å². The van der Waals surface area contributed by atoms with E-state index in [1.165, 1.54) is 0 Å². The summed E-state index contributed by atoms with van der Waals surface area (Å²) in [6.07, 6.45) is 5.88. The molecule has 0 radical (unpaired) electrons. The molecule has 0 spiro atoms. The second kappa shape index (κ2) is 5.84. The van der Waals surface area contributed by atoms with Gasteiger partial charge in [-0.1, -0.05) is 25.6 Å². The first-order valence-electron chi connectivity index (χ1n) is 6.09. The van der Waals surface area contributed by atoms with Gasteiger partial charge in [0.1, 0.15) is 11.0 Å². The lowest BCUT2D eigenvalue weighted by molar-refractivity contribution is 0.588. The van der Waals surface area contributed by atoms with Crippen LogP contribution in [0.1, 0.15) is 26.7 Å². The number of aromatic nitrogens is 3. The Labute approximate surface area is 116 Å². The molecule has 18 heavy (non-hydrogen) atoms. The van der Waals surface area contributed by atoms with Gasteiger partial charge in [-0.2, -0.15) is 0 Å². The Balaban J connectivity index is 2.46. The van der Waals surface area contributed by atoms with E-state index in [1.54, 1.807) is 29.4 Å². The predicted molar refractivity (Wildman–Crippen MR) is 79.8 cm³/mol. The van der Waals surface area contributed by atoms with Gasteiger partial charge in [-0.25, -0.2) is 15.0 Å². The van der Waals surface area contributed by atoms with E-state index in [9.17, 15) is 0 Å². The van der Waals surface area contributed by atoms with Crippen LogP contribution in [-0.2, 0) is 0 Å². The third kappa shape index (κ3) is 2.44. The molecule has 0 N–H and O–H groups in total. The topological polar surface area (TPSA) is 41.9 Å². The highest BCUT2D eigenvalue weighted by atomic mass is 32.2. The van der Waals surface area contributed by atoms with Crippen molar-refractivity contribution in [3.63, 3.8) is 0 Å². The number of nitrogens with zero attached hydrogens (tertiary/aromatic N) is 4. The van der Waals surface area contributed by atoms with Crippen LogP contribution in [0.3, 0.4) is 0 Å². The lowest BCUT2D eigenvalue weighted by Crippen LogP contribution is -2.31. The van der Waals surface area contributed by atoms with Crippen LogP contribution < -0.4 is 4.90 Å². The van der Waals surface area contributed by atoms with Gasteiger partial charge in [0.25, 0.3) is 0 Å². The van der Waals surface area contributed by atoms with Crippen LogP contribution in [-0.4, -0.2) is 34.3 Å². The number of hydrogen-bond acceptors (Lipinski definition) is 6. The Morgan fingerprint density at radius 3 is 2.67 bits per heavy atom. The summed E-state index contributed by atoms with van der Waals surface area (Å²) in [5.41, 5.74) is 0.812. The van der Waals surface area contributed by atoms with Gasteiger partial charge in [-0.15, -0.1) is 11.3 Å². The van der Waals surface area contributed by atoms with Crippen molar-refractivity contribution in [2.75, 3.05) is 18.2 Å². The van der Waals surface area contributed by atoms with E-state index in [0.717, 1.165) is 33.3 Å². The fraction of sp³-hybridized carbons (Fsp3) is 0.583. The highest BCUT2D eigenvalue weighted by Crippen LogP contribution is 2.33. The van der Waals surface area contributed by atoms with Crippen LogP contribution >= 0.6 is 23.1 Å². The van der Waals surface area contributed by atoms with Gasteiger partial charge >= 0.3 is 0 Å². The van der Waals surface area contributed by atoms with Crippen molar-refractivity contribution in [3.8, 4) is 0 Å². The molecule has 2 aromatic rings. The van der Waals surface area contributed by atoms with E-state index >= 15 is 0 Å². The Kier molecular flexibility index (Phi) is 4.40. The van der Waals surface area contributed by atoms with Crippen molar-refractivity contribution in [3.05, 3.63) is 6.33 Å². The van der Waals surface area contributed by atoms with Crippen LogP contribution in [0.25, 0.3) is 10.3 Å². The molecule has 0 amide bonds. The van der Waals surface area contributed by atoms with E-state index in [-0.39, 0.29) is 0 Å². The van der Waals surface area contributed by atoms with Gasteiger partial charge in [0.15, 0.2) is 15.8 Å². The van der Waals surface area contributed by atoms with Crippen molar-refractivity contribution < 1.29 is 0 Å². The van der Waals surface area contributed by atoms with Crippen LogP contribution in [0.2, 0.25) is 0 Å². The maximum absolute atomic E-state index is 4.49. The van der Waals surface area contributed by atoms with Crippen molar-refractivity contribution in [1.82, 2.24) is 15.0 Å². The first kappa shape index (κ1) is 13.5. The zero-order chi connectivity index (χ0) is 13.1. The SMILES string of the molecule is CCC(CC)N(C)c1ncnc2nc(SC)sc12. The summed E-state index contributed by atoms with van der Waals surface area (Å²) in [6.45, 7) is 4.42. The summed E-state index contributed by atoms with van der Waals surface area (Å²) >= 11 is 3.33. The molecule has 2 rings (SSSR count). The summed E-state index contributed by atoms with van der Waals surface area (Å²) in [7, 11) is 2.11. The Hall–Kier alpha value is -0.880. The monoisotopic (exact) mass is 282 g/mol. The molecule has 4 nitrogen and oxygen atoms in total. The molecular weight excluding hydrogens is 264 g/mol. The number of thiazole rings is 1. The molecule has 2 heterocycles. The number of anilines is 1. The zero-order valence-electron chi connectivity index (χ0n) is 11.2. The minimum atomic E-state index is 0.517. The molecule has 0 saturated heterocycles. The van der Waals surface area contributed by atoms with E-state index in [4.69, 9.17) is 0 Å². The highest BCUT2D eigenvalue weighted by Gasteiger charge is 2.17. The Bertz CT molecular complexity index is 522. The average Bonchev–Trinajstić information content (AvgIpc) is 2.82. The molecule has 0 aromatic carbocycles. The van der Waals surface area contributed by atoms with Gasteiger partial charge in [0.05, 0.1) is 0 Å². The van der Waals surface area contributed by atoms with E-state index in [2.05, 4.69) is 40.7 Å². The molecule has 98 valence electrons. The van der Waals surface area contributed by atoms with Crippen molar-refractivity contribution in [2.45, 2.75) is 37.1 Å². The maximum atomic E-state index is 4.49. The number of rotatable bonds is 5. The minimum absolute atomic E-state index is 0.517. The smallest absolute Gasteiger partial charge is 0.176 e.